The molecule has 4 rings (SSSR count). The first-order valence-corrected chi connectivity index (χ1v) is 11.5. The smallest absolute Gasteiger partial charge is 0.329 e. The number of benzene rings is 2. The van der Waals surface area contributed by atoms with Crippen molar-refractivity contribution < 1.29 is 23.5 Å². The molecule has 0 unspecified atom stereocenters. The zero-order valence-corrected chi connectivity index (χ0v) is 19.1. The van der Waals surface area contributed by atoms with Gasteiger partial charge in [-0.3, -0.25) is 9.59 Å². The highest BCUT2D eigenvalue weighted by Gasteiger charge is 2.27. The molecule has 2 aromatic carbocycles. The average molecular weight is 466 g/mol. The lowest BCUT2D eigenvalue weighted by molar-refractivity contribution is -0.154. The molecule has 2 amide bonds. The van der Waals surface area contributed by atoms with Crippen LogP contribution in [0.2, 0.25) is 0 Å². The van der Waals surface area contributed by atoms with E-state index >= 15 is 0 Å². The zero-order valence-electron chi connectivity index (χ0n) is 19.1. The van der Waals surface area contributed by atoms with Gasteiger partial charge >= 0.3 is 5.97 Å². The molecule has 3 aromatic rings. The number of rotatable bonds is 7. The number of piperidine rings is 1. The third kappa shape index (κ3) is 5.62. The molecule has 1 atom stereocenters. The lowest BCUT2D eigenvalue weighted by Gasteiger charge is -2.30. The molecule has 8 heteroatoms. The van der Waals surface area contributed by atoms with E-state index in [9.17, 15) is 18.8 Å². The van der Waals surface area contributed by atoms with E-state index in [-0.39, 0.29) is 24.5 Å². The maximum Gasteiger partial charge on any atom is 0.329 e. The fourth-order valence-corrected chi connectivity index (χ4v) is 4.14. The Morgan fingerprint density at radius 2 is 1.82 bits per heavy atom. The van der Waals surface area contributed by atoms with Gasteiger partial charge < -0.3 is 19.9 Å². The van der Waals surface area contributed by atoms with E-state index in [1.54, 1.807) is 11.1 Å². The van der Waals surface area contributed by atoms with Gasteiger partial charge in [0.2, 0.25) is 0 Å². The first-order chi connectivity index (χ1) is 16.4. The van der Waals surface area contributed by atoms with Crippen LogP contribution in [-0.4, -0.2) is 53.4 Å². The molecular weight excluding hydrogens is 437 g/mol. The third-order valence-electron chi connectivity index (χ3n) is 6.27. The summed E-state index contributed by atoms with van der Waals surface area (Å²) in [5.41, 5.74) is 1.95. The number of aromatic nitrogens is 1. The van der Waals surface area contributed by atoms with Crippen LogP contribution in [0.1, 0.15) is 35.7 Å². The second-order valence-corrected chi connectivity index (χ2v) is 8.77. The number of carbonyl (C=O) groups is 3. The average Bonchev–Trinajstić information content (AvgIpc) is 3.25. The molecule has 0 bridgehead atoms. The standard InChI is InChI=1S/C26H28FN3O4/c1-17-10-12-30(13-11-17)24(31)16-34-26(33)23(29-25(32)18-6-8-20(27)9-7-18)14-19-15-28-22-5-3-2-4-21(19)22/h2-9,15,17,23,28H,10-14,16H2,1H3,(H,29,32)/t23-/m0/s1. The summed E-state index contributed by atoms with van der Waals surface area (Å²) in [6.45, 7) is 3.08. The van der Waals surface area contributed by atoms with Gasteiger partial charge in [-0.05, 0) is 54.7 Å². The molecule has 1 saturated heterocycles. The summed E-state index contributed by atoms with van der Waals surface area (Å²) in [6.07, 6.45) is 3.81. The quantitative estimate of drug-likeness (QED) is 0.523. The topological polar surface area (TPSA) is 91.5 Å². The van der Waals surface area contributed by atoms with Crippen LogP contribution in [0.3, 0.4) is 0 Å². The number of hydrogen-bond acceptors (Lipinski definition) is 4. The molecule has 1 aliphatic rings. The Kier molecular flexibility index (Phi) is 7.25. The number of aromatic amines is 1. The van der Waals surface area contributed by atoms with Gasteiger partial charge in [-0.2, -0.15) is 0 Å². The van der Waals surface area contributed by atoms with Crippen molar-refractivity contribution >= 4 is 28.7 Å². The molecule has 0 spiro atoms. The van der Waals surface area contributed by atoms with Crippen molar-refractivity contribution in [1.82, 2.24) is 15.2 Å². The van der Waals surface area contributed by atoms with Crippen molar-refractivity contribution in [2.24, 2.45) is 5.92 Å². The molecular formula is C26H28FN3O4. The van der Waals surface area contributed by atoms with Crippen molar-refractivity contribution in [3.63, 3.8) is 0 Å². The molecule has 2 heterocycles. The number of fused-ring (bicyclic) bond motifs is 1. The predicted molar refractivity (Wildman–Crippen MR) is 126 cm³/mol. The summed E-state index contributed by atoms with van der Waals surface area (Å²) in [5.74, 6) is -1.35. The Hall–Kier alpha value is -3.68. The van der Waals surface area contributed by atoms with Crippen molar-refractivity contribution in [1.29, 1.82) is 0 Å². The highest BCUT2D eigenvalue weighted by molar-refractivity contribution is 5.97. The zero-order chi connectivity index (χ0) is 24.1. The number of hydrogen-bond donors (Lipinski definition) is 2. The van der Waals surface area contributed by atoms with Gasteiger partial charge in [-0.25, -0.2) is 9.18 Å². The van der Waals surface area contributed by atoms with Crippen molar-refractivity contribution in [2.45, 2.75) is 32.2 Å². The molecule has 178 valence electrons. The first kappa shape index (κ1) is 23.5. The number of esters is 1. The number of carbonyl (C=O) groups excluding carboxylic acids is 3. The van der Waals surface area contributed by atoms with Crippen LogP contribution < -0.4 is 5.32 Å². The molecule has 0 radical (unpaired) electrons. The Morgan fingerprint density at radius 3 is 2.56 bits per heavy atom. The lowest BCUT2D eigenvalue weighted by Crippen LogP contribution is -2.45. The van der Waals surface area contributed by atoms with Gasteiger partial charge in [0, 0.05) is 42.2 Å². The van der Waals surface area contributed by atoms with Crippen LogP contribution >= 0.6 is 0 Å². The third-order valence-corrected chi connectivity index (χ3v) is 6.27. The molecule has 1 aromatic heterocycles. The molecule has 0 saturated carbocycles. The number of ether oxygens (including phenoxy) is 1. The van der Waals surface area contributed by atoms with Crippen LogP contribution in [0, 0.1) is 11.7 Å². The molecule has 1 aliphatic heterocycles. The second-order valence-electron chi connectivity index (χ2n) is 8.77. The minimum absolute atomic E-state index is 0.172. The van der Waals surface area contributed by atoms with Gasteiger partial charge in [0.15, 0.2) is 6.61 Å². The number of H-pyrrole nitrogens is 1. The number of para-hydroxylation sites is 1. The van der Waals surface area contributed by atoms with Gasteiger partial charge in [0.1, 0.15) is 11.9 Å². The Labute approximate surface area is 197 Å². The lowest BCUT2D eigenvalue weighted by atomic mass is 9.99. The summed E-state index contributed by atoms with van der Waals surface area (Å²) in [5, 5.41) is 3.62. The number of amides is 2. The van der Waals surface area contributed by atoms with E-state index in [2.05, 4.69) is 17.2 Å². The number of nitrogens with zero attached hydrogens (tertiary/aromatic N) is 1. The van der Waals surface area contributed by atoms with Gasteiger partial charge in [0.05, 0.1) is 0 Å². The van der Waals surface area contributed by atoms with Crippen molar-refractivity contribution in [2.75, 3.05) is 19.7 Å². The maximum absolute atomic E-state index is 13.2. The van der Waals surface area contributed by atoms with Crippen molar-refractivity contribution in [3.05, 3.63) is 71.7 Å². The van der Waals surface area contributed by atoms with Crippen LogP contribution in [0.25, 0.3) is 10.9 Å². The molecule has 2 N–H and O–H groups in total. The summed E-state index contributed by atoms with van der Waals surface area (Å²) >= 11 is 0. The fraction of sp³-hybridized carbons (Fsp3) is 0.346. The van der Waals surface area contributed by atoms with Crippen LogP contribution in [0.5, 0.6) is 0 Å². The van der Waals surface area contributed by atoms with E-state index in [0.717, 1.165) is 29.3 Å². The first-order valence-electron chi connectivity index (χ1n) is 11.5. The van der Waals surface area contributed by atoms with Gasteiger partial charge in [0.25, 0.3) is 11.8 Å². The predicted octanol–water partition coefficient (Wildman–Crippen LogP) is 3.45. The second kappa shape index (κ2) is 10.5. The van der Waals surface area contributed by atoms with E-state index in [1.807, 2.05) is 24.3 Å². The Balaban J connectivity index is 1.46. The van der Waals surface area contributed by atoms with E-state index in [0.29, 0.717) is 19.0 Å². The summed E-state index contributed by atoms with van der Waals surface area (Å²) in [4.78, 5) is 43.1. The minimum Gasteiger partial charge on any atom is -0.454 e. The highest BCUT2D eigenvalue weighted by atomic mass is 19.1. The van der Waals surface area contributed by atoms with Crippen LogP contribution in [-0.2, 0) is 20.7 Å². The Bertz CT molecular complexity index is 1170. The summed E-state index contributed by atoms with van der Waals surface area (Å²) in [7, 11) is 0. The van der Waals surface area contributed by atoms with Crippen LogP contribution in [0.15, 0.2) is 54.7 Å². The Morgan fingerprint density at radius 1 is 1.12 bits per heavy atom. The molecule has 1 fully saturated rings. The SMILES string of the molecule is CC1CCN(C(=O)COC(=O)[C@H](Cc2c[nH]c3ccccc23)NC(=O)c2ccc(F)cc2)CC1. The number of likely N-dealkylation sites (tertiary alicyclic amines) is 1. The normalized spacial score (nSPS) is 15.2. The van der Waals surface area contributed by atoms with E-state index < -0.39 is 23.7 Å². The number of halogens is 1. The van der Waals surface area contributed by atoms with Crippen molar-refractivity contribution in [3.8, 4) is 0 Å². The molecule has 34 heavy (non-hydrogen) atoms. The van der Waals surface area contributed by atoms with E-state index in [4.69, 9.17) is 4.74 Å². The monoisotopic (exact) mass is 465 g/mol. The van der Waals surface area contributed by atoms with Gasteiger partial charge in [-0.15, -0.1) is 0 Å². The summed E-state index contributed by atoms with van der Waals surface area (Å²) in [6, 6.07) is 11.7. The van der Waals surface area contributed by atoms with E-state index in [1.165, 1.54) is 24.3 Å². The largest absolute Gasteiger partial charge is 0.454 e. The van der Waals surface area contributed by atoms with Crippen LogP contribution in [0.4, 0.5) is 4.39 Å². The highest BCUT2D eigenvalue weighted by Crippen LogP contribution is 2.20. The fourth-order valence-electron chi connectivity index (χ4n) is 4.14. The number of nitrogens with one attached hydrogen (secondary N) is 2. The maximum atomic E-state index is 13.2. The molecule has 7 nitrogen and oxygen atoms in total. The molecule has 0 aliphatic carbocycles. The van der Waals surface area contributed by atoms with Gasteiger partial charge in [-0.1, -0.05) is 25.1 Å². The summed E-state index contributed by atoms with van der Waals surface area (Å²) < 4.78 is 18.6. The minimum atomic E-state index is -1.02.